The Bertz CT molecular complexity index is 720. The number of carbonyl (C=O) groups is 4. The minimum atomic E-state index is -0.676. The van der Waals surface area contributed by atoms with E-state index in [2.05, 4.69) is 10.6 Å². The predicted octanol–water partition coefficient (Wildman–Crippen LogP) is 4.07. The number of likely N-dealkylation sites (N-methyl/N-ethyl adjacent to an activating group) is 1. The molecular formula is C25H47N3O7. The minimum absolute atomic E-state index is 0.0670. The second-order valence-electron chi connectivity index (χ2n) is 11.4. The zero-order valence-corrected chi connectivity index (χ0v) is 23.6. The van der Waals surface area contributed by atoms with Gasteiger partial charge in [0.05, 0.1) is 13.2 Å². The fourth-order valence-corrected chi connectivity index (χ4v) is 2.86. The highest BCUT2D eigenvalue weighted by atomic mass is 16.7. The highest BCUT2D eigenvalue weighted by Crippen LogP contribution is 2.32. The first-order valence-corrected chi connectivity index (χ1v) is 12.1. The van der Waals surface area contributed by atoms with Gasteiger partial charge in [0.1, 0.15) is 17.2 Å². The van der Waals surface area contributed by atoms with Crippen molar-refractivity contribution in [2.45, 2.75) is 105 Å². The number of amides is 3. The molecule has 0 saturated heterocycles. The van der Waals surface area contributed by atoms with Crippen LogP contribution in [-0.2, 0) is 23.9 Å². The summed E-state index contributed by atoms with van der Waals surface area (Å²) < 4.78 is 10.3. The Labute approximate surface area is 210 Å². The van der Waals surface area contributed by atoms with Crippen molar-refractivity contribution in [3.8, 4) is 0 Å². The summed E-state index contributed by atoms with van der Waals surface area (Å²) in [5.41, 5.74) is -1.13. The molecule has 0 aromatic rings. The summed E-state index contributed by atoms with van der Waals surface area (Å²) in [6.07, 6.45) is 0.792. The normalized spacial score (nSPS) is 15.4. The van der Waals surface area contributed by atoms with Crippen molar-refractivity contribution in [3.63, 3.8) is 0 Å². The first-order chi connectivity index (χ1) is 15.8. The van der Waals surface area contributed by atoms with Crippen LogP contribution in [-0.4, -0.2) is 66.4 Å². The number of ketones is 1. The van der Waals surface area contributed by atoms with Gasteiger partial charge in [-0.15, -0.1) is 0 Å². The number of hydrogen-bond acceptors (Lipinski definition) is 7. The van der Waals surface area contributed by atoms with Gasteiger partial charge in [0.15, 0.2) is 5.78 Å². The van der Waals surface area contributed by atoms with Crippen LogP contribution in [0.4, 0.5) is 9.59 Å². The third kappa shape index (κ3) is 13.9. The van der Waals surface area contributed by atoms with Crippen molar-refractivity contribution in [2.75, 3.05) is 14.2 Å². The van der Waals surface area contributed by atoms with Gasteiger partial charge in [0.25, 0.3) is 5.91 Å². The topological polar surface area (TPSA) is 123 Å². The van der Waals surface area contributed by atoms with Crippen LogP contribution in [0.5, 0.6) is 0 Å². The Morgan fingerprint density at radius 1 is 0.771 bits per heavy atom. The summed E-state index contributed by atoms with van der Waals surface area (Å²) >= 11 is 0. The number of nitrogens with one attached hydrogen (secondary N) is 2. The highest BCUT2D eigenvalue weighted by Gasteiger charge is 2.37. The molecule has 0 aliphatic heterocycles. The van der Waals surface area contributed by atoms with E-state index in [-0.39, 0.29) is 29.4 Å². The number of ether oxygens (including phenoxy) is 2. The second-order valence-corrected chi connectivity index (χ2v) is 11.4. The van der Waals surface area contributed by atoms with E-state index in [0.717, 1.165) is 17.9 Å². The number of Topliss-reactive ketones (excluding diaryl/α,β-unsaturated/α-hetero) is 1. The molecule has 1 fully saturated rings. The Balaban J connectivity index is 0.000000661. The lowest BCUT2D eigenvalue weighted by molar-refractivity contribution is -0.172. The molecule has 10 nitrogen and oxygen atoms in total. The lowest BCUT2D eigenvalue weighted by Gasteiger charge is -2.27. The lowest BCUT2D eigenvalue weighted by atomic mass is 9.97. The minimum Gasteiger partial charge on any atom is -0.444 e. The molecule has 1 rings (SSSR count). The fraction of sp³-hybridized carbons (Fsp3) is 0.840. The Kier molecular flexibility index (Phi) is 12.7. The molecule has 0 bridgehead atoms. The molecule has 10 heteroatoms. The van der Waals surface area contributed by atoms with Gasteiger partial charge in [-0.2, -0.15) is 0 Å². The van der Waals surface area contributed by atoms with Crippen molar-refractivity contribution < 1.29 is 33.5 Å². The van der Waals surface area contributed by atoms with E-state index >= 15 is 0 Å². The van der Waals surface area contributed by atoms with E-state index < -0.39 is 35.5 Å². The number of alkyl carbamates (subject to hydrolysis) is 2. The molecule has 0 aromatic heterocycles. The molecule has 1 saturated carbocycles. The van der Waals surface area contributed by atoms with Crippen LogP contribution in [0, 0.1) is 17.8 Å². The molecule has 1 aliphatic carbocycles. The molecule has 0 spiro atoms. The molecular weight excluding hydrogens is 454 g/mol. The number of hydroxylamine groups is 2. The molecule has 204 valence electrons. The van der Waals surface area contributed by atoms with E-state index in [4.69, 9.17) is 14.3 Å². The van der Waals surface area contributed by atoms with Gasteiger partial charge in [-0.1, -0.05) is 27.7 Å². The van der Waals surface area contributed by atoms with E-state index in [0.29, 0.717) is 0 Å². The second kappa shape index (κ2) is 13.7. The molecule has 3 amide bonds. The van der Waals surface area contributed by atoms with Gasteiger partial charge in [-0.3, -0.25) is 14.4 Å². The van der Waals surface area contributed by atoms with Gasteiger partial charge in [-0.05, 0) is 66.2 Å². The Morgan fingerprint density at radius 3 is 1.43 bits per heavy atom. The molecule has 0 heterocycles. The predicted molar refractivity (Wildman–Crippen MR) is 134 cm³/mol. The van der Waals surface area contributed by atoms with Crippen LogP contribution >= 0.6 is 0 Å². The van der Waals surface area contributed by atoms with Crippen LogP contribution < -0.4 is 10.6 Å². The maximum absolute atomic E-state index is 12.0. The third-order valence-electron chi connectivity index (χ3n) is 4.81. The van der Waals surface area contributed by atoms with Crippen molar-refractivity contribution in [2.24, 2.45) is 17.8 Å². The first kappa shape index (κ1) is 32.6. The van der Waals surface area contributed by atoms with Crippen molar-refractivity contribution in [3.05, 3.63) is 0 Å². The van der Waals surface area contributed by atoms with E-state index in [1.807, 2.05) is 27.7 Å². The monoisotopic (exact) mass is 501 g/mol. The molecule has 0 radical (unpaired) electrons. The number of nitrogens with zero attached hydrogens (tertiary/aromatic N) is 1. The van der Waals surface area contributed by atoms with E-state index in [1.54, 1.807) is 41.5 Å². The largest absolute Gasteiger partial charge is 0.444 e. The summed E-state index contributed by atoms with van der Waals surface area (Å²) in [6, 6.07) is -1.10. The molecule has 2 atom stereocenters. The van der Waals surface area contributed by atoms with E-state index in [9.17, 15) is 19.2 Å². The van der Waals surface area contributed by atoms with Gasteiger partial charge in [0, 0.05) is 13.0 Å². The van der Waals surface area contributed by atoms with Gasteiger partial charge < -0.3 is 20.1 Å². The summed E-state index contributed by atoms with van der Waals surface area (Å²) in [4.78, 5) is 52.0. The smallest absolute Gasteiger partial charge is 0.408 e. The lowest BCUT2D eigenvalue weighted by Crippen LogP contribution is -2.51. The SMILES string of the molecule is CC(C)[C@H](NC(=O)OC(C)(C)C)C(=O)C1CC1.CON(C)C(=O)[C@@H](NC(=O)OC(C)(C)C)C(C)C. The molecule has 1 aliphatic rings. The maximum atomic E-state index is 12.0. The molecule has 35 heavy (non-hydrogen) atoms. The van der Waals surface area contributed by atoms with Crippen LogP contribution in [0.3, 0.4) is 0 Å². The standard InChI is InChI=1S/C13H23NO3.C12H24N2O4/c1-8(2)10(11(15)9-6-7-9)14-12(16)17-13(3,4)5;1-8(2)9(10(15)14(6)17-7)13-11(16)18-12(3,4)5/h8-10H,6-7H2,1-5H3,(H,14,16);8-9H,1-7H3,(H,13,16)/t10-;9-/m00/s1. The van der Waals surface area contributed by atoms with Crippen molar-refractivity contribution >= 4 is 23.9 Å². The van der Waals surface area contributed by atoms with Crippen LogP contribution in [0.15, 0.2) is 0 Å². The first-order valence-electron chi connectivity index (χ1n) is 12.1. The summed E-state index contributed by atoms with van der Waals surface area (Å²) in [7, 11) is 2.89. The number of hydrogen-bond donors (Lipinski definition) is 2. The zero-order valence-electron chi connectivity index (χ0n) is 23.6. The van der Waals surface area contributed by atoms with Gasteiger partial charge in [-0.25, -0.2) is 14.7 Å². The van der Waals surface area contributed by atoms with E-state index in [1.165, 1.54) is 14.2 Å². The van der Waals surface area contributed by atoms with Crippen LogP contribution in [0.25, 0.3) is 0 Å². The average Bonchev–Trinajstić information content (AvgIpc) is 3.51. The Morgan fingerprint density at radius 2 is 1.14 bits per heavy atom. The number of carbonyl (C=O) groups excluding carboxylic acids is 4. The van der Waals surface area contributed by atoms with Gasteiger partial charge >= 0.3 is 12.2 Å². The number of rotatable bonds is 8. The zero-order chi connectivity index (χ0) is 27.7. The van der Waals surface area contributed by atoms with Crippen molar-refractivity contribution in [1.29, 1.82) is 0 Å². The summed E-state index contributed by atoms with van der Waals surface area (Å²) in [5.74, 6) is -0.000193. The maximum Gasteiger partial charge on any atom is 0.408 e. The molecule has 0 unspecified atom stereocenters. The molecule has 2 N–H and O–H groups in total. The van der Waals surface area contributed by atoms with Crippen molar-refractivity contribution in [1.82, 2.24) is 15.7 Å². The third-order valence-corrected chi connectivity index (χ3v) is 4.81. The summed E-state index contributed by atoms with van der Waals surface area (Å²) in [6.45, 7) is 18.2. The Hall–Kier alpha value is -2.36. The van der Waals surface area contributed by atoms with Crippen LogP contribution in [0.2, 0.25) is 0 Å². The highest BCUT2D eigenvalue weighted by molar-refractivity contribution is 5.91. The van der Waals surface area contributed by atoms with Gasteiger partial charge in [0.2, 0.25) is 0 Å². The fourth-order valence-electron chi connectivity index (χ4n) is 2.86. The quantitative estimate of drug-likeness (QED) is 0.481. The molecule has 0 aromatic carbocycles. The average molecular weight is 502 g/mol. The summed E-state index contributed by atoms with van der Waals surface area (Å²) in [5, 5.41) is 6.32. The van der Waals surface area contributed by atoms with Crippen LogP contribution in [0.1, 0.15) is 82.1 Å².